The largest absolute Gasteiger partial charge is 0.490 e. The van der Waals surface area contributed by atoms with Crippen LogP contribution in [0.2, 0.25) is 0 Å². The highest BCUT2D eigenvalue weighted by Crippen LogP contribution is 2.36. The summed E-state index contributed by atoms with van der Waals surface area (Å²) < 4.78 is 16.3. The molecule has 0 bridgehead atoms. The molecule has 0 aliphatic carbocycles. The molecule has 0 atom stereocenters. The van der Waals surface area contributed by atoms with Crippen LogP contribution in [0.1, 0.15) is 13.3 Å². The Morgan fingerprint density at radius 3 is 2.44 bits per heavy atom. The first kappa shape index (κ1) is 12.6. The molecule has 0 radical (unpaired) electrons. The molecule has 90 valence electrons. The van der Waals surface area contributed by atoms with Gasteiger partial charge in [0.15, 0.2) is 11.5 Å². The highest BCUT2D eigenvalue weighted by Gasteiger charge is 2.10. The molecule has 0 unspecified atom stereocenters. The summed E-state index contributed by atoms with van der Waals surface area (Å²) in [7, 11) is 1.60. The molecule has 0 amide bonds. The van der Waals surface area contributed by atoms with Crippen LogP contribution in [0.4, 0.5) is 0 Å². The van der Waals surface area contributed by atoms with Crippen LogP contribution in [-0.2, 0) is 0 Å². The maximum atomic E-state index is 5.57. The van der Waals surface area contributed by atoms with Gasteiger partial charge in [0.1, 0.15) is 0 Å². The van der Waals surface area contributed by atoms with Gasteiger partial charge >= 0.3 is 0 Å². The number of nitrogens with two attached hydrogens (primary N) is 1. The highest BCUT2D eigenvalue weighted by atomic mass is 16.5. The molecule has 0 aliphatic heterocycles. The van der Waals surface area contributed by atoms with Crippen molar-refractivity contribution in [2.75, 3.05) is 26.9 Å². The fourth-order valence-electron chi connectivity index (χ4n) is 1.35. The zero-order valence-electron chi connectivity index (χ0n) is 9.86. The van der Waals surface area contributed by atoms with Crippen molar-refractivity contribution in [3.8, 4) is 17.2 Å². The monoisotopic (exact) mass is 225 g/mol. The normalized spacial score (nSPS) is 9.94. The van der Waals surface area contributed by atoms with Gasteiger partial charge in [-0.15, -0.1) is 0 Å². The molecule has 1 aromatic rings. The van der Waals surface area contributed by atoms with E-state index in [-0.39, 0.29) is 0 Å². The molecule has 2 N–H and O–H groups in total. The average molecular weight is 225 g/mol. The lowest BCUT2D eigenvalue weighted by Gasteiger charge is -2.14. The first-order valence-corrected chi connectivity index (χ1v) is 5.46. The van der Waals surface area contributed by atoms with Crippen LogP contribution < -0.4 is 19.9 Å². The van der Waals surface area contributed by atoms with Crippen molar-refractivity contribution in [1.82, 2.24) is 0 Å². The van der Waals surface area contributed by atoms with Gasteiger partial charge in [0.05, 0.1) is 20.3 Å². The molecule has 0 fully saturated rings. The van der Waals surface area contributed by atoms with Gasteiger partial charge < -0.3 is 19.9 Å². The molecule has 4 nitrogen and oxygen atoms in total. The summed E-state index contributed by atoms with van der Waals surface area (Å²) in [6.07, 6.45) is 0.821. The Kier molecular flexibility index (Phi) is 5.50. The molecule has 16 heavy (non-hydrogen) atoms. The molecule has 4 heteroatoms. The number of para-hydroxylation sites is 1. The van der Waals surface area contributed by atoms with Crippen LogP contribution in [0, 0.1) is 0 Å². The van der Waals surface area contributed by atoms with Crippen LogP contribution in [0.5, 0.6) is 17.2 Å². The third-order valence-electron chi connectivity index (χ3n) is 2.05. The summed E-state index contributed by atoms with van der Waals surface area (Å²) >= 11 is 0. The van der Waals surface area contributed by atoms with Crippen LogP contribution >= 0.6 is 0 Å². The number of methoxy groups -OCH3 is 1. The summed E-state index contributed by atoms with van der Waals surface area (Å²) in [6, 6.07) is 5.60. The third kappa shape index (κ3) is 3.31. The minimum atomic E-state index is 0.586. The minimum Gasteiger partial charge on any atom is -0.490 e. The third-order valence-corrected chi connectivity index (χ3v) is 2.05. The van der Waals surface area contributed by atoms with E-state index in [1.165, 1.54) is 0 Å². The molecule has 0 saturated heterocycles. The van der Waals surface area contributed by atoms with E-state index >= 15 is 0 Å². The second-order valence-electron chi connectivity index (χ2n) is 3.21. The van der Waals surface area contributed by atoms with Gasteiger partial charge in [0, 0.05) is 0 Å². The summed E-state index contributed by atoms with van der Waals surface area (Å²) in [4.78, 5) is 0. The number of hydrogen-bond acceptors (Lipinski definition) is 4. The minimum absolute atomic E-state index is 0.586. The Labute approximate surface area is 96.3 Å². The lowest BCUT2D eigenvalue weighted by molar-refractivity contribution is 0.272. The van der Waals surface area contributed by atoms with Gasteiger partial charge in [-0.3, -0.25) is 0 Å². The molecule has 0 aliphatic rings. The van der Waals surface area contributed by atoms with E-state index in [0.29, 0.717) is 37.0 Å². The molecular weight excluding hydrogens is 206 g/mol. The van der Waals surface area contributed by atoms with Crippen molar-refractivity contribution in [3.63, 3.8) is 0 Å². The maximum Gasteiger partial charge on any atom is 0.203 e. The molecule has 1 aromatic carbocycles. The second-order valence-corrected chi connectivity index (χ2v) is 3.21. The second kappa shape index (κ2) is 6.95. The molecule has 0 spiro atoms. The van der Waals surface area contributed by atoms with E-state index in [0.717, 1.165) is 6.42 Å². The lowest BCUT2D eigenvalue weighted by atomic mass is 10.3. The standard InChI is InChI=1S/C12H19NO3/c1-3-15-10-6-4-7-11(12(10)14-2)16-9-5-8-13/h4,6-7H,3,5,8-9,13H2,1-2H3. The molecule has 0 aromatic heterocycles. The number of ether oxygens (including phenoxy) is 3. The van der Waals surface area contributed by atoms with Crippen LogP contribution in [0.3, 0.4) is 0 Å². The quantitative estimate of drug-likeness (QED) is 0.719. The van der Waals surface area contributed by atoms with Gasteiger partial charge in [-0.25, -0.2) is 0 Å². The Hall–Kier alpha value is -1.42. The SMILES string of the molecule is CCOc1cccc(OCCCN)c1OC. The van der Waals surface area contributed by atoms with Gasteiger partial charge in [-0.1, -0.05) is 6.07 Å². The predicted octanol–water partition coefficient (Wildman–Crippen LogP) is 1.82. The predicted molar refractivity (Wildman–Crippen MR) is 63.3 cm³/mol. The number of benzene rings is 1. The zero-order valence-corrected chi connectivity index (χ0v) is 9.86. The van der Waals surface area contributed by atoms with Crippen LogP contribution in [0.15, 0.2) is 18.2 Å². The molecule has 0 saturated carbocycles. The average Bonchev–Trinajstić information content (AvgIpc) is 2.30. The van der Waals surface area contributed by atoms with Crippen LogP contribution in [0.25, 0.3) is 0 Å². The van der Waals surface area contributed by atoms with E-state index in [4.69, 9.17) is 19.9 Å². The van der Waals surface area contributed by atoms with Gasteiger partial charge in [0.2, 0.25) is 5.75 Å². The Balaban J connectivity index is 2.77. The molecule has 1 rings (SSSR count). The number of hydrogen-bond donors (Lipinski definition) is 1. The van der Waals surface area contributed by atoms with Crippen molar-refractivity contribution < 1.29 is 14.2 Å². The van der Waals surface area contributed by atoms with Crippen LogP contribution in [-0.4, -0.2) is 26.9 Å². The van der Waals surface area contributed by atoms with E-state index in [9.17, 15) is 0 Å². The topological polar surface area (TPSA) is 53.7 Å². The van der Waals surface area contributed by atoms with E-state index < -0.39 is 0 Å². The smallest absolute Gasteiger partial charge is 0.203 e. The number of rotatable bonds is 7. The van der Waals surface area contributed by atoms with E-state index in [1.807, 2.05) is 25.1 Å². The lowest BCUT2D eigenvalue weighted by Crippen LogP contribution is -2.07. The van der Waals surface area contributed by atoms with Gasteiger partial charge in [0.25, 0.3) is 0 Å². The Morgan fingerprint density at radius 2 is 1.88 bits per heavy atom. The van der Waals surface area contributed by atoms with Crippen molar-refractivity contribution in [2.24, 2.45) is 5.73 Å². The summed E-state index contributed by atoms with van der Waals surface area (Å²) in [6.45, 7) is 3.74. The van der Waals surface area contributed by atoms with Gasteiger partial charge in [-0.2, -0.15) is 0 Å². The first-order chi connectivity index (χ1) is 7.83. The fraction of sp³-hybridized carbons (Fsp3) is 0.500. The van der Waals surface area contributed by atoms with Gasteiger partial charge in [-0.05, 0) is 32.0 Å². The van der Waals surface area contributed by atoms with E-state index in [1.54, 1.807) is 7.11 Å². The fourth-order valence-corrected chi connectivity index (χ4v) is 1.35. The Morgan fingerprint density at radius 1 is 1.19 bits per heavy atom. The van der Waals surface area contributed by atoms with Crippen molar-refractivity contribution >= 4 is 0 Å². The van der Waals surface area contributed by atoms with Crippen molar-refractivity contribution in [2.45, 2.75) is 13.3 Å². The summed E-state index contributed by atoms with van der Waals surface area (Å²) in [5, 5.41) is 0. The zero-order chi connectivity index (χ0) is 11.8. The maximum absolute atomic E-state index is 5.57. The molecule has 0 heterocycles. The highest BCUT2D eigenvalue weighted by molar-refractivity contribution is 5.51. The van der Waals surface area contributed by atoms with Crippen molar-refractivity contribution in [3.05, 3.63) is 18.2 Å². The van der Waals surface area contributed by atoms with Crippen molar-refractivity contribution in [1.29, 1.82) is 0 Å². The van der Waals surface area contributed by atoms with E-state index in [2.05, 4.69) is 0 Å². The summed E-state index contributed by atoms with van der Waals surface area (Å²) in [5.74, 6) is 2.04. The Bertz CT molecular complexity index is 315. The summed E-state index contributed by atoms with van der Waals surface area (Å²) in [5.41, 5.74) is 5.40. The molecular formula is C12H19NO3. The first-order valence-electron chi connectivity index (χ1n) is 5.46.